The van der Waals surface area contributed by atoms with Crippen LogP contribution in [0, 0.1) is 0 Å². The summed E-state index contributed by atoms with van der Waals surface area (Å²) in [6, 6.07) is 17.6. The number of halogens is 1. The smallest absolute Gasteiger partial charge is 0.248 e. The zero-order chi connectivity index (χ0) is 17.2. The monoisotopic (exact) mass is 391 g/mol. The highest BCUT2D eigenvalue weighted by atomic mass is 79.9. The highest BCUT2D eigenvalue weighted by Crippen LogP contribution is 2.25. The average molecular weight is 392 g/mol. The molecular weight excluding hydrogens is 378 g/mol. The maximum Gasteiger partial charge on any atom is 0.248 e. The van der Waals surface area contributed by atoms with Crippen LogP contribution >= 0.6 is 15.9 Å². The van der Waals surface area contributed by atoms with E-state index < -0.39 is 0 Å². The topological polar surface area (TPSA) is 57.8 Å². The van der Waals surface area contributed by atoms with Crippen LogP contribution in [0.15, 0.2) is 71.3 Å². The molecule has 0 aliphatic carbocycles. The summed E-state index contributed by atoms with van der Waals surface area (Å²) in [4.78, 5) is 19.8. The van der Waals surface area contributed by atoms with Crippen molar-refractivity contribution in [2.24, 2.45) is 0 Å². The Bertz CT molecular complexity index is 1110. The number of rotatable bonds is 3. The fraction of sp³-hybridized carbons (Fsp3) is 0. The van der Waals surface area contributed by atoms with Gasteiger partial charge in [-0.15, -0.1) is 0 Å². The van der Waals surface area contributed by atoms with Crippen LogP contribution in [0.4, 0.5) is 5.69 Å². The number of pyridine rings is 1. The molecule has 0 aliphatic rings. The van der Waals surface area contributed by atoms with Crippen LogP contribution in [-0.2, 0) is 4.79 Å². The molecule has 2 aromatic heterocycles. The molecule has 4 rings (SSSR count). The van der Waals surface area contributed by atoms with E-state index >= 15 is 0 Å². The number of para-hydroxylation sites is 2. The van der Waals surface area contributed by atoms with Gasteiger partial charge in [0.1, 0.15) is 0 Å². The Labute approximate surface area is 152 Å². The van der Waals surface area contributed by atoms with Crippen LogP contribution < -0.4 is 5.32 Å². The molecule has 5 heteroatoms. The van der Waals surface area contributed by atoms with Crippen molar-refractivity contribution in [3.63, 3.8) is 0 Å². The summed E-state index contributed by atoms with van der Waals surface area (Å²) in [5.41, 5.74) is 3.53. The molecule has 2 heterocycles. The standard InChI is InChI=1S/C20H14BrN3O/c21-16-6-2-4-8-18(16)24-20(25)10-9-13-11-15-14-5-1-3-7-17(14)23-19(15)12-22-13/h1-12,23H,(H,24,25)/b10-9+. The maximum absolute atomic E-state index is 12.1. The molecule has 0 saturated heterocycles. The second-order valence-corrected chi connectivity index (χ2v) is 6.48. The SMILES string of the molecule is O=C(/C=C/c1cc2c(cn1)[nH]c1ccccc12)Nc1ccccc1Br. The largest absolute Gasteiger partial charge is 0.353 e. The molecule has 0 atom stereocenters. The molecule has 0 aliphatic heterocycles. The van der Waals surface area contributed by atoms with Crippen LogP contribution in [0.25, 0.3) is 27.9 Å². The van der Waals surface area contributed by atoms with Crippen molar-refractivity contribution in [3.8, 4) is 0 Å². The molecule has 0 fully saturated rings. The lowest BCUT2D eigenvalue weighted by atomic mass is 10.1. The van der Waals surface area contributed by atoms with Gasteiger partial charge in [-0.2, -0.15) is 0 Å². The second-order valence-electron chi connectivity index (χ2n) is 5.63. The van der Waals surface area contributed by atoms with E-state index in [-0.39, 0.29) is 5.91 Å². The molecule has 4 aromatic rings. The number of carbonyl (C=O) groups excluding carboxylic acids is 1. The number of amides is 1. The van der Waals surface area contributed by atoms with Crippen LogP contribution in [0.5, 0.6) is 0 Å². The summed E-state index contributed by atoms with van der Waals surface area (Å²) < 4.78 is 0.843. The van der Waals surface area contributed by atoms with Crippen molar-refractivity contribution in [1.29, 1.82) is 0 Å². The summed E-state index contributed by atoms with van der Waals surface area (Å²) >= 11 is 3.41. The van der Waals surface area contributed by atoms with E-state index in [4.69, 9.17) is 0 Å². The first kappa shape index (κ1) is 15.6. The molecule has 0 bridgehead atoms. The first-order chi connectivity index (χ1) is 12.2. The predicted octanol–water partition coefficient (Wildman–Crippen LogP) is 5.13. The first-order valence-corrected chi connectivity index (χ1v) is 8.60. The van der Waals surface area contributed by atoms with Crippen molar-refractivity contribution in [2.45, 2.75) is 0 Å². The van der Waals surface area contributed by atoms with E-state index in [1.165, 1.54) is 6.08 Å². The third-order valence-electron chi connectivity index (χ3n) is 3.95. The number of hydrogen-bond donors (Lipinski definition) is 2. The number of fused-ring (bicyclic) bond motifs is 3. The number of nitrogens with one attached hydrogen (secondary N) is 2. The Balaban J connectivity index is 1.59. The van der Waals surface area contributed by atoms with Gasteiger partial charge in [0.2, 0.25) is 5.91 Å². The lowest BCUT2D eigenvalue weighted by Gasteiger charge is -2.03. The zero-order valence-electron chi connectivity index (χ0n) is 13.2. The fourth-order valence-electron chi connectivity index (χ4n) is 2.76. The van der Waals surface area contributed by atoms with Crippen LogP contribution in [-0.4, -0.2) is 15.9 Å². The van der Waals surface area contributed by atoms with E-state index in [1.807, 2.05) is 48.5 Å². The number of anilines is 1. The van der Waals surface area contributed by atoms with Gasteiger partial charge in [-0.05, 0) is 46.3 Å². The number of aromatic nitrogens is 2. The molecule has 2 aromatic carbocycles. The molecule has 4 nitrogen and oxygen atoms in total. The number of H-pyrrole nitrogens is 1. The summed E-state index contributed by atoms with van der Waals surface area (Å²) in [5, 5.41) is 5.08. The zero-order valence-corrected chi connectivity index (χ0v) is 14.7. The molecule has 25 heavy (non-hydrogen) atoms. The Hall–Kier alpha value is -2.92. The number of hydrogen-bond acceptors (Lipinski definition) is 2. The molecule has 0 unspecified atom stereocenters. The first-order valence-electron chi connectivity index (χ1n) is 7.81. The Morgan fingerprint density at radius 2 is 1.84 bits per heavy atom. The molecule has 2 N–H and O–H groups in total. The van der Waals surface area contributed by atoms with E-state index in [2.05, 4.69) is 37.3 Å². The predicted molar refractivity (Wildman–Crippen MR) is 105 cm³/mol. The highest BCUT2D eigenvalue weighted by molar-refractivity contribution is 9.10. The molecule has 0 spiro atoms. The molecular formula is C20H14BrN3O. The molecule has 0 saturated carbocycles. The van der Waals surface area contributed by atoms with Crippen molar-refractivity contribution >= 4 is 55.4 Å². The van der Waals surface area contributed by atoms with Gasteiger partial charge in [0.05, 0.1) is 23.1 Å². The van der Waals surface area contributed by atoms with Crippen LogP contribution in [0.1, 0.15) is 5.69 Å². The van der Waals surface area contributed by atoms with Crippen molar-refractivity contribution in [2.75, 3.05) is 5.32 Å². The third kappa shape index (κ3) is 3.19. The molecule has 0 radical (unpaired) electrons. The number of carbonyl (C=O) groups is 1. The van der Waals surface area contributed by atoms with Gasteiger partial charge in [0, 0.05) is 26.8 Å². The minimum absolute atomic E-state index is 0.201. The number of benzene rings is 2. The van der Waals surface area contributed by atoms with E-state index in [0.29, 0.717) is 0 Å². The van der Waals surface area contributed by atoms with Crippen LogP contribution in [0.3, 0.4) is 0 Å². The van der Waals surface area contributed by atoms with Gasteiger partial charge in [0.25, 0.3) is 0 Å². The van der Waals surface area contributed by atoms with Crippen molar-refractivity contribution in [1.82, 2.24) is 9.97 Å². The summed E-state index contributed by atoms with van der Waals surface area (Å²) in [5.74, 6) is -0.201. The van der Waals surface area contributed by atoms with Crippen LogP contribution in [0.2, 0.25) is 0 Å². The average Bonchev–Trinajstić information content (AvgIpc) is 3.00. The maximum atomic E-state index is 12.1. The van der Waals surface area contributed by atoms with Gasteiger partial charge >= 0.3 is 0 Å². The minimum atomic E-state index is -0.201. The fourth-order valence-corrected chi connectivity index (χ4v) is 3.14. The molecule has 1 amide bonds. The Kier molecular flexibility index (Phi) is 4.07. The van der Waals surface area contributed by atoms with Gasteiger partial charge in [-0.3, -0.25) is 9.78 Å². The minimum Gasteiger partial charge on any atom is -0.353 e. The van der Waals surface area contributed by atoms with Gasteiger partial charge in [-0.25, -0.2) is 0 Å². The lowest BCUT2D eigenvalue weighted by molar-refractivity contribution is -0.111. The number of aromatic amines is 1. The second kappa shape index (κ2) is 6.53. The normalized spacial score (nSPS) is 11.4. The van der Waals surface area contributed by atoms with Gasteiger partial charge in [-0.1, -0.05) is 30.3 Å². The van der Waals surface area contributed by atoms with Crippen molar-refractivity contribution < 1.29 is 4.79 Å². The molecule has 122 valence electrons. The van der Waals surface area contributed by atoms with E-state index in [1.54, 1.807) is 12.3 Å². The van der Waals surface area contributed by atoms with E-state index in [0.717, 1.165) is 37.7 Å². The quantitative estimate of drug-likeness (QED) is 0.475. The highest BCUT2D eigenvalue weighted by Gasteiger charge is 2.05. The third-order valence-corrected chi connectivity index (χ3v) is 4.64. The summed E-state index contributed by atoms with van der Waals surface area (Å²) in [6.45, 7) is 0. The Morgan fingerprint density at radius 1 is 1.04 bits per heavy atom. The van der Waals surface area contributed by atoms with E-state index in [9.17, 15) is 4.79 Å². The lowest BCUT2D eigenvalue weighted by Crippen LogP contribution is -2.08. The summed E-state index contributed by atoms with van der Waals surface area (Å²) in [7, 11) is 0. The summed E-state index contributed by atoms with van der Waals surface area (Å²) in [6.07, 6.45) is 5.00. The Morgan fingerprint density at radius 3 is 2.72 bits per heavy atom. The van der Waals surface area contributed by atoms with Gasteiger partial charge in [0.15, 0.2) is 0 Å². The van der Waals surface area contributed by atoms with Crippen molar-refractivity contribution in [3.05, 3.63) is 77.0 Å². The number of nitrogens with zero attached hydrogens (tertiary/aromatic N) is 1. The van der Waals surface area contributed by atoms with Gasteiger partial charge < -0.3 is 10.3 Å².